The maximum atomic E-state index is 13.7. The molecule has 0 radical (unpaired) electrons. The first kappa shape index (κ1) is 15.3. The van der Waals surface area contributed by atoms with Crippen molar-refractivity contribution >= 4 is 37.5 Å². The lowest BCUT2D eigenvalue weighted by molar-refractivity contribution is -0.385. The fraction of sp³-hybridized carbons (Fsp3) is 0. The first-order valence-electron chi connectivity index (χ1n) is 5.24. The minimum atomic E-state index is -4.26. The van der Waals surface area contributed by atoms with Crippen LogP contribution < -0.4 is 4.72 Å². The van der Waals surface area contributed by atoms with Gasteiger partial charge in [0.1, 0.15) is 9.50 Å². The SMILES string of the molecule is O=[N+]([O-])c1ccc(S(=O)(=O)Nc2cnc(Br)cn2)c(F)c1. The largest absolute Gasteiger partial charge is 0.272 e. The van der Waals surface area contributed by atoms with Crippen LogP contribution in [0, 0.1) is 15.9 Å². The first-order valence-corrected chi connectivity index (χ1v) is 7.51. The molecule has 0 spiro atoms. The second-order valence-corrected chi connectivity index (χ2v) is 6.16. The normalized spacial score (nSPS) is 11.1. The highest BCUT2D eigenvalue weighted by molar-refractivity contribution is 9.10. The van der Waals surface area contributed by atoms with Gasteiger partial charge in [-0.25, -0.2) is 22.8 Å². The lowest BCUT2D eigenvalue weighted by Gasteiger charge is -2.07. The predicted octanol–water partition coefficient (Wildman–Crippen LogP) is 2.09. The van der Waals surface area contributed by atoms with E-state index in [1.165, 1.54) is 6.20 Å². The van der Waals surface area contributed by atoms with E-state index in [0.717, 1.165) is 18.3 Å². The monoisotopic (exact) mass is 376 g/mol. The lowest BCUT2D eigenvalue weighted by atomic mass is 10.3. The van der Waals surface area contributed by atoms with Gasteiger partial charge in [-0.05, 0) is 22.0 Å². The van der Waals surface area contributed by atoms with Crippen molar-refractivity contribution in [2.45, 2.75) is 4.90 Å². The molecule has 0 aliphatic carbocycles. The highest BCUT2D eigenvalue weighted by atomic mass is 79.9. The number of anilines is 1. The molecule has 0 unspecified atom stereocenters. The summed E-state index contributed by atoms with van der Waals surface area (Å²) in [6.45, 7) is 0. The van der Waals surface area contributed by atoms with Gasteiger partial charge in [-0.1, -0.05) is 0 Å². The molecule has 1 heterocycles. The molecule has 110 valence electrons. The fourth-order valence-electron chi connectivity index (χ4n) is 1.38. The van der Waals surface area contributed by atoms with E-state index < -0.39 is 31.3 Å². The molecule has 0 atom stereocenters. The first-order chi connectivity index (χ1) is 9.79. The molecule has 0 aliphatic heterocycles. The van der Waals surface area contributed by atoms with Crippen LogP contribution in [-0.2, 0) is 10.0 Å². The Labute approximate surface area is 126 Å². The number of sulfonamides is 1. The van der Waals surface area contributed by atoms with Gasteiger partial charge in [0.25, 0.3) is 15.7 Å². The Balaban J connectivity index is 2.35. The van der Waals surface area contributed by atoms with E-state index in [0.29, 0.717) is 10.7 Å². The molecule has 21 heavy (non-hydrogen) atoms. The number of nitrogens with one attached hydrogen (secondary N) is 1. The summed E-state index contributed by atoms with van der Waals surface area (Å²) >= 11 is 3.03. The van der Waals surface area contributed by atoms with Crippen molar-refractivity contribution in [1.29, 1.82) is 0 Å². The quantitative estimate of drug-likeness (QED) is 0.645. The van der Waals surface area contributed by atoms with Gasteiger partial charge in [0.05, 0.1) is 23.4 Å². The third-order valence-electron chi connectivity index (χ3n) is 2.28. The van der Waals surface area contributed by atoms with Crippen molar-refractivity contribution in [3.8, 4) is 0 Å². The number of hydrogen-bond acceptors (Lipinski definition) is 6. The second-order valence-electron chi connectivity index (χ2n) is 3.70. The van der Waals surface area contributed by atoms with E-state index in [9.17, 15) is 22.9 Å². The van der Waals surface area contributed by atoms with Gasteiger partial charge in [-0.2, -0.15) is 0 Å². The molecule has 1 N–H and O–H groups in total. The van der Waals surface area contributed by atoms with Crippen molar-refractivity contribution in [3.05, 3.63) is 51.1 Å². The average Bonchev–Trinajstić information content (AvgIpc) is 2.40. The van der Waals surface area contributed by atoms with Gasteiger partial charge < -0.3 is 0 Å². The van der Waals surface area contributed by atoms with Gasteiger partial charge >= 0.3 is 0 Å². The number of nitro benzene ring substituents is 1. The van der Waals surface area contributed by atoms with E-state index in [2.05, 4.69) is 25.9 Å². The molecule has 0 aliphatic rings. The third kappa shape index (κ3) is 3.49. The van der Waals surface area contributed by atoms with Crippen LogP contribution in [-0.4, -0.2) is 23.3 Å². The highest BCUT2D eigenvalue weighted by Gasteiger charge is 2.22. The van der Waals surface area contributed by atoms with Gasteiger partial charge in [0, 0.05) is 6.07 Å². The minimum Gasteiger partial charge on any atom is -0.262 e. The molecule has 1 aromatic carbocycles. The number of rotatable bonds is 4. The van der Waals surface area contributed by atoms with Crippen LogP contribution in [0.3, 0.4) is 0 Å². The Kier molecular flexibility index (Phi) is 4.14. The number of nitrogens with zero attached hydrogens (tertiary/aromatic N) is 3. The van der Waals surface area contributed by atoms with Gasteiger partial charge in [-0.3, -0.25) is 14.8 Å². The molecule has 8 nitrogen and oxygen atoms in total. The Bertz CT molecular complexity index is 797. The Hall–Kier alpha value is -2.14. The van der Waals surface area contributed by atoms with Gasteiger partial charge in [0.2, 0.25) is 0 Å². The molecule has 0 saturated heterocycles. The summed E-state index contributed by atoms with van der Waals surface area (Å²) in [6.07, 6.45) is 2.38. The zero-order valence-corrected chi connectivity index (χ0v) is 12.4. The lowest BCUT2D eigenvalue weighted by Crippen LogP contribution is -2.15. The van der Waals surface area contributed by atoms with Crippen molar-refractivity contribution in [3.63, 3.8) is 0 Å². The summed E-state index contributed by atoms with van der Waals surface area (Å²) < 4.78 is 40.1. The average molecular weight is 377 g/mol. The predicted molar refractivity (Wildman–Crippen MR) is 73.6 cm³/mol. The van der Waals surface area contributed by atoms with Gasteiger partial charge in [0.15, 0.2) is 11.6 Å². The number of nitro groups is 1. The Morgan fingerprint density at radius 2 is 2.00 bits per heavy atom. The van der Waals surface area contributed by atoms with Crippen LogP contribution in [0.2, 0.25) is 0 Å². The van der Waals surface area contributed by atoms with E-state index in [-0.39, 0.29) is 5.82 Å². The molecule has 0 fully saturated rings. The molecule has 2 rings (SSSR count). The summed E-state index contributed by atoms with van der Waals surface area (Å²) in [5.41, 5.74) is -0.546. The molecule has 11 heteroatoms. The topological polar surface area (TPSA) is 115 Å². The zero-order valence-electron chi connectivity index (χ0n) is 10.0. The zero-order chi connectivity index (χ0) is 15.6. The smallest absolute Gasteiger partial charge is 0.262 e. The molecule has 0 bridgehead atoms. The molecule has 2 aromatic rings. The summed E-state index contributed by atoms with van der Waals surface area (Å²) in [7, 11) is -4.26. The van der Waals surface area contributed by atoms with E-state index in [1.54, 1.807) is 0 Å². The van der Waals surface area contributed by atoms with Crippen molar-refractivity contribution < 1.29 is 17.7 Å². The summed E-state index contributed by atoms with van der Waals surface area (Å²) in [5.74, 6) is -1.35. The van der Waals surface area contributed by atoms with Crippen LogP contribution in [0.25, 0.3) is 0 Å². The molecule has 1 aromatic heterocycles. The minimum absolute atomic E-state index is 0.115. The second kappa shape index (κ2) is 5.69. The van der Waals surface area contributed by atoms with Crippen molar-refractivity contribution in [1.82, 2.24) is 9.97 Å². The number of halogens is 2. The van der Waals surface area contributed by atoms with Crippen molar-refractivity contribution in [2.75, 3.05) is 4.72 Å². The fourth-order valence-corrected chi connectivity index (χ4v) is 2.64. The van der Waals surface area contributed by atoms with Crippen molar-refractivity contribution in [2.24, 2.45) is 0 Å². The Morgan fingerprint density at radius 1 is 1.29 bits per heavy atom. The van der Waals surface area contributed by atoms with Crippen LogP contribution >= 0.6 is 15.9 Å². The molecular formula is C10H6BrFN4O4S. The molecule has 0 amide bonds. The summed E-state index contributed by atoms with van der Waals surface area (Å²) in [6, 6.07) is 2.23. The van der Waals surface area contributed by atoms with E-state index in [1.807, 2.05) is 4.72 Å². The summed E-state index contributed by atoms with van der Waals surface area (Å²) in [5, 5.41) is 10.5. The highest BCUT2D eigenvalue weighted by Crippen LogP contribution is 2.22. The number of non-ortho nitro benzene ring substituents is 1. The Morgan fingerprint density at radius 3 is 2.52 bits per heavy atom. The molecule has 0 saturated carbocycles. The summed E-state index contributed by atoms with van der Waals surface area (Å²) in [4.78, 5) is 16.4. The molecular weight excluding hydrogens is 371 g/mol. The third-order valence-corrected chi connectivity index (χ3v) is 4.07. The van der Waals surface area contributed by atoms with Gasteiger partial charge in [-0.15, -0.1) is 0 Å². The number of aromatic nitrogens is 2. The van der Waals surface area contributed by atoms with E-state index >= 15 is 0 Å². The number of hydrogen-bond donors (Lipinski definition) is 1. The van der Waals surface area contributed by atoms with Crippen LogP contribution in [0.5, 0.6) is 0 Å². The van der Waals surface area contributed by atoms with Crippen LogP contribution in [0.15, 0.2) is 40.1 Å². The maximum absolute atomic E-state index is 13.7. The van der Waals surface area contributed by atoms with E-state index in [4.69, 9.17) is 0 Å². The van der Waals surface area contributed by atoms with Crippen LogP contribution in [0.4, 0.5) is 15.9 Å². The standard InChI is InChI=1S/C10H6BrFN4O4S/c11-9-4-14-10(5-13-9)15-21(19,20)8-2-1-6(16(17)18)3-7(8)12/h1-5H,(H,14,15). The van der Waals surface area contributed by atoms with Crippen LogP contribution in [0.1, 0.15) is 0 Å². The number of benzene rings is 1. The maximum Gasteiger partial charge on any atom is 0.272 e.